The van der Waals surface area contributed by atoms with Crippen LogP contribution in [0.15, 0.2) is 50.8 Å². The van der Waals surface area contributed by atoms with Crippen LogP contribution in [0.5, 0.6) is 0 Å². The van der Waals surface area contributed by atoms with Gasteiger partial charge in [0.1, 0.15) is 0 Å². The zero-order valence-electron chi connectivity index (χ0n) is 16.1. The Bertz CT molecular complexity index is 854. The lowest BCUT2D eigenvalue weighted by Gasteiger charge is -2.49. The summed E-state index contributed by atoms with van der Waals surface area (Å²) in [7, 11) is 0. The van der Waals surface area contributed by atoms with E-state index in [1.54, 1.807) is 6.07 Å². The maximum atomic E-state index is 12.7. The number of hydrogen-bond acceptors (Lipinski definition) is 5. The lowest BCUT2D eigenvalue weighted by molar-refractivity contribution is -0.114. The minimum absolute atomic E-state index is 0.00640. The van der Waals surface area contributed by atoms with Crippen LogP contribution >= 0.6 is 11.8 Å². The molecule has 0 spiro atoms. The van der Waals surface area contributed by atoms with E-state index < -0.39 is 0 Å². The van der Waals surface area contributed by atoms with Crippen LogP contribution in [0.1, 0.15) is 37.0 Å². The Morgan fingerprint density at radius 1 is 1.11 bits per heavy atom. The summed E-state index contributed by atoms with van der Waals surface area (Å²) in [6.07, 6.45) is 2.35. The molecule has 3 saturated heterocycles. The van der Waals surface area contributed by atoms with Gasteiger partial charge < -0.3 is 9.73 Å². The molecule has 148 valence electrons. The largest absolute Gasteiger partial charge is 0.434 e. The predicted molar refractivity (Wildman–Crippen MR) is 109 cm³/mol. The van der Waals surface area contributed by atoms with Gasteiger partial charge in [0, 0.05) is 35.5 Å². The molecule has 0 unspecified atom stereocenters. The summed E-state index contributed by atoms with van der Waals surface area (Å²) in [6, 6.07) is 11.7. The fourth-order valence-electron chi connectivity index (χ4n) is 4.19. The molecule has 5 rings (SSSR count). The Balaban J connectivity index is 1.37. The lowest BCUT2D eigenvalue weighted by Crippen LogP contribution is -2.62. The van der Waals surface area contributed by atoms with E-state index in [1.165, 1.54) is 31.5 Å². The van der Waals surface area contributed by atoms with Crippen molar-refractivity contribution < 1.29 is 14.0 Å². The van der Waals surface area contributed by atoms with Crippen molar-refractivity contribution in [3.63, 3.8) is 0 Å². The minimum atomic E-state index is -0.168. The first-order chi connectivity index (χ1) is 13.5. The quantitative estimate of drug-likeness (QED) is 0.804. The molecule has 1 aromatic heterocycles. The van der Waals surface area contributed by atoms with Gasteiger partial charge in [-0.25, -0.2) is 0 Å². The molecule has 0 saturated carbocycles. The van der Waals surface area contributed by atoms with Gasteiger partial charge in [-0.2, -0.15) is 0 Å². The van der Waals surface area contributed by atoms with Crippen LogP contribution in [0, 0.1) is 5.92 Å². The van der Waals surface area contributed by atoms with Gasteiger partial charge >= 0.3 is 0 Å². The van der Waals surface area contributed by atoms with Gasteiger partial charge in [0.15, 0.2) is 5.09 Å². The van der Waals surface area contributed by atoms with Gasteiger partial charge in [0.2, 0.25) is 11.8 Å². The van der Waals surface area contributed by atoms with Crippen molar-refractivity contribution in [2.24, 2.45) is 5.92 Å². The fraction of sp³-hybridized carbons (Fsp3) is 0.429. The number of fused-ring (bicyclic) bond motifs is 3. The number of rotatable bonds is 5. The highest BCUT2D eigenvalue weighted by Gasteiger charge is 2.40. The summed E-state index contributed by atoms with van der Waals surface area (Å²) in [5.41, 5.74) is 0.673. The van der Waals surface area contributed by atoms with Crippen molar-refractivity contribution in [3.8, 4) is 0 Å². The zero-order chi connectivity index (χ0) is 19.7. The van der Waals surface area contributed by atoms with Crippen LogP contribution in [0.4, 0.5) is 5.88 Å². The molecule has 0 radical (unpaired) electrons. The number of nitrogens with one attached hydrogen (secondary N) is 2. The van der Waals surface area contributed by atoms with Crippen LogP contribution in [-0.4, -0.2) is 41.9 Å². The van der Waals surface area contributed by atoms with Gasteiger partial charge in [-0.1, -0.05) is 11.8 Å². The zero-order valence-corrected chi connectivity index (χ0v) is 16.9. The number of nitrogens with zero attached hydrogens (tertiary/aromatic N) is 1. The van der Waals surface area contributed by atoms with E-state index >= 15 is 0 Å². The van der Waals surface area contributed by atoms with E-state index in [0.29, 0.717) is 28.5 Å². The van der Waals surface area contributed by atoms with E-state index in [2.05, 4.69) is 22.5 Å². The van der Waals surface area contributed by atoms with E-state index in [1.807, 2.05) is 30.3 Å². The van der Waals surface area contributed by atoms with Gasteiger partial charge in [0.05, 0.1) is 0 Å². The molecule has 2 atom stereocenters. The Kier molecular flexibility index (Phi) is 5.46. The van der Waals surface area contributed by atoms with Gasteiger partial charge in [-0.3, -0.25) is 19.8 Å². The van der Waals surface area contributed by atoms with E-state index in [0.717, 1.165) is 18.0 Å². The maximum Gasteiger partial charge on any atom is 0.251 e. The number of carbonyl (C=O) groups excluding carboxylic acids is 2. The summed E-state index contributed by atoms with van der Waals surface area (Å²) in [5.74, 6) is 0.847. The predicted octanol–water partition coefficient (Wildman–Crippen LogP) is 3.60. The molecular formula is C21H25N3O3S. The number of carbonyl (C=O) groups is 2. The van der Waals surface area contributed by atoms with Crippen molar-refractivity contribution >= 4 is 29.5 Å². The van der Waals surface area contributed by atoms with E-state index in [4.69, 9.17) is 4.42 Å². The number of amides is 2. The number of anilines is 1. The minimum Gasteiger partial charge on any atom is -0.434 e. The first kappa shape index (κ1) is 19.1. The number of piperidine rings is 3. The number of furan rings is 1. The molecule has 2 bridgehead atoms. The summed E-state index contributed by atoms with van der Waals surface area (Å²) in [6.45, 7) is 5.96. The SMILES string of the molecule is CC(=O)Nc1ccc(Sc2ccc(C(=O)N[C@@H]3C4CCN(CC4)[C@H]3C)cc2)o1. The van der Waals surface area contributed by atoms with Crippen molar-refractivity contribution in [2.45, 2.75) is 48.8 Å². The van der Waals surface area contributed by atoms with Crippen LogP contribution in [-0.2, 0) is 4.79 Å². The number of hydrogen-bond donors (Lipinski definition) is 2. The molecule has 3 aliphatic rings. The molecule has 2 aromatic rings. The first-order valence-electron chi connectivity index (χ1n) is 9.70. The average molecular weight is 400 g/mol. The molecular weight excluding hydrogens is 374 g/mol. The summed E-state index contributed by atoms with van der Waals surface area (Å²) >= 11 is 1.45. The third-order valence-corrected chi connectivity index (χ3v) is 6.62. The number of benzene rings is 1. The average Bonchev–Trinajstić information content (AvgIpc) is 3.11. The Morgan fingerprint density at radius 2 is 1.82 bits per heavy atom. The van der Waals surface area contributed by atoms with Crippen molar-refractivity contribution in [1.29, 1.82) is 0 Å². The van der Waals surface area contributed by atoms with Crippen LogP contribution in [0.25, 0.3) is 0 Å². The Hall–Kier alpha value is -2.25. The van der Waals surface area contributed by atoms with E-state index in [-0.39, 0.29) is 17.9 Å². The topological polar surface area (TPSA) is 74.6 Å². The molecule has 3 fully saturated rings. The Morgan fingerprint density at radius 3 is 2.46 bits per heavy atom. The molecule has 7 heteroatoms. The summed E-state index contributed by atoms with van der Waals surface area (Å²) < 4.78 is 5.56. The highest BCUT2D eigenvalue weighted by atomic mass is 32.2. The van der Waals surface area contributed by atoms with Crippen molar-refractivity contribution in [2.75, 3.05) is 18.4 Å². The van der Waals surface area contributed by atoms with Crippen LogP contribution in [0.2, 0.25) is 0 Å². The van der Waals surface area contributed by atoms with Gasteiger partial charge in [-0.15, -0.1) is 0 Å². The van der Waals surface area contributed by atoms with Gasteiger partial charge in [0.25, 0.3) is 5.91 Å². The van der Waals surface area contributed by atoms with Crippen LogP contribution < -0.4 is 10.6 Å². The molecule has 2 amide bonds. The van der Waals surface area contributed by atoms with E-state index in [9.17, 15) is 9.59 Å². The highest BCUT2D eigenvalue weighted by molar-refractivity contribution is 7.99. The normalized spacial score (nSPS) is 26.1. The van der Waals surface area contributed by atoms with Crippen LogP contribution in [0.3, 0.4) is 0 Å². The second-order valence-corrected chi connectivity index (χ2v) is 8.62. The van der Waals surface area contributed by atoms with Crippen molar-refractivity contribution in [1.82, 2.24) is 10.2 Å². The standard InChI is InChI=1S/C21H25N3O3S/c1-13-20(15-9-11-24(13)12-10-15)23-21(26)16-3-5-17(6-4-16)28-19-8-7-18(27-19)22-14(2)25/h3-8,13,15,20H,9-12H2,1-2H3,(H,22,25)(H,23,26)/t13-,20-/m0/s1. The first-order valence-corrected chi connectivity index (χ1v) is 10.5. The third-order valence-electron chi connectivity index (χ3n) is 5.69. The molecule has 3 aliphatic heterocycles. The van der Waals surface area contributed by atoms with Crippen molar-refractivity contribution in [3.05, 3.63) is 42.0 Å². The summed E-state index contributed by atoms with van der Waals surface area (Å²) in [5, 5.41) is 6.56. The smallest absolute Gasteiger partial charge is 0.251 e. The highest BCUT2D eigenvalue weighted by Crippen LogP contribution is 2.33. The molecule has 1 aromatic carbocycles. The molecule has 28 heavy (non-hydrogen) atoms. The molecule has 0 aliphatic carbocycles. The molecule has 6 nitrogen and oxygen atoms in total. The third kappa shape index (κ3) is 4.10. The second kappa shape index (κ2) is 8.01. The molecule has 2 N–H and O–H groups in total. The molecule has 4 heterocycles. The second-order valence-electron chi connectivity index (χ2n) is 7.54. The van der Waals surface area contributed by atoms with Gasteiger partial charge in [-0.05, 0) is 69.1 Å². The Labute approximate surface area is 169 Å². The summed E-state index contributed by atoms with van der Waals surface area (Å²) in [4.78, 5) is 27.2. The fourth-order valence-corrected chi connectivity index (χ4v) is 4.96. The monoisotopic (exact) mass is 399 g/mol. The lowest BCUT2D eigenvalue weighted by atomic mass is 9.79. The maximum absolute atomic E-state index is 12.7.